The van der Waals surface area contributed by atoms with Crippen molar-refractivity contribution in [3.63, 3.8) is 0 Å². The number of hydrogen-bond acceptors (Lipinski definition) is 8. The van der Waals surface area contributed by atoms with Gasteiger partial charge >= 0.3 is 16.2 Å². The fourth-order valence-corrected chi connectivity index (χ4v) is 7.32. The zero-order chi connectivity index (χ0) is 33.6. The Bertz CT molecular complexity index is 2020. The van der Waals surface area contributed by atoms with E-state index in [2.05, 4.69) is 25.7 Å². The zero-order valence-electron chi connectivity index (χ0n) is 27.5. The van der Waals surface area contributed by atoms with Gasteiger partial charge in [0, 0.05) is 47.7 Å². The quantitative estimate of drug-likeness (QED) is 0.248. The predicted octanol–water partition coefficient (Wildman–Crippen LogP) is 5.41. The van der Waals surface area contributed by atoms with Gasteiger partial charge in [-0.05, 0) is 80.1 Å². The average Bonchev–Trinajstić information content (AvgIpc) is 3.59. The van der Waals surface area contributed by atoms with Gasteiger partial charge in [0.1, 0.15) is 11.4 Å². The van der Waals surface area contributed by atoms with Gasteiger partial charge < -0.3 is 14.0 Å². The minimum Gasteiger partial charge on any atom is -0.497 e. The maximum atomic E-state index is 13.3. The van der Waals surface area contributed by atoms with Gasteiger partial charge in [-0.1, -0.05) is 30.5 Å². The molecule has 12 nitrogen and oxygen atoms in total. The minimum absolute atomic E-state index is 0.110. The number of ether oxygens (including phenoxy) is 2. The van der Waals surface area contributed by atoms with E-state index in [9.17, 15) is 18.0 Å². The summed E-state index contributed by atoms with van der Waals surface area (Å²) < 4.78 is 42.9. The van der Waals surface area contributed by atoms with Gasteiger partial charge in [-0.25, -0.2) is 14.2 Å². The summed E-state index contributed by atoms with van der Waals surface area (Å²) in [5.74, 6) is -0.335. The Morgan fingerprint density at radius 1 is 1.02 bits per heavy atom. The first-order chi connectivity index (χ1) is 22.4. The van der Waals surface area contributed by atoms with Crippen molar-refractivity contribution in [2.45, 2.75) is 64.5 Å². The Hall–Kier alpha value is -4.49. The van der Waals surface area contributed by atoms with E-state index in [0.717, 1.165) is 63.3 Å². The second kappa shape index (κ2) is 12.6. The third-order valence-electron chi connectivity index (χ3n) is 9.12. The molecular formula is C34H40N6O6S. The lowest BCUT2D eigenvalue weighted by Crippen LogP contribution is -2.39. The molecule has 1 aliphatic heterocycles. The van der Waals surface area contributed by atoms with Gasteiger partial charge in [-0.15, -0.1) is 5.10 Å². The summed E-state index contributed by atoms with van der Waals surface area (Å²) in [6.07, 6.45) is 7.57. The molecule has 1 saturated carbocycles. The molecule has 0 bridgehead atoms. The van der Waals surface area contributed by atoms with Crippen LogP contribution in [-0.2, 0) is 21.5 Å². The summed E-state index contributed by atoms with van der Waals surface area (Å²) in [4.78, 5) is 26.3. The van der Waals surface area contributed by atoms with Crippen molar-refractivity contribution < 1.29 is 27.5 Å². The molecule has 1 aliphatic carbocycles. The second-order valence-corrected chi connectivity index (χ2v) is 14.5. The summed E-state index contributed by atoms with van der Waals surface area (Å²) in [5.41, 5.74) is 6.55. The van der Waals surface area contributed by atoms with Crippen LogP contribution in [0.5, 0.6) is 5.75 Å². The van der Waals surface area contributed by atoms with Crippen LogP contribution in [0.1, 0.15) is 95.6 Å². The number of fused-ring (bicyclic) bond motifs is 5. The number of amides is 1. The largest absolute Gasteiger partial charge is 0.497 e. The van der Waals surface area contributed by atoms with E-state index in [1.807, 2.05) is 38.1 Å². The molecule has 47 heavy (non-hydrogen) atoms. The molecule has 13 heteroatoms. The number of nitrogens with zero attached hydrogens (tertiary/aromatic N) is 5. The van der Waals surface area contributed by atoms with E-state index < -0.39 is 22.1 Å². The molecule has 2 aromatic carbocycles. The van der Waals surface area contributed by atoms with Crippen LogP contribution in [0.25, 0.3) is 33.8 Å². The standard InChI is InChI=1S/C34H40N6O6S/c1-20(2)40-31(30(35-37-40)34(42)46-6)24-16-23-17-25(45-5)13-15-26(23)32-29(21-10-8-7-9-11-21)27-14-12-22(18-28(27)39(32)19-24)33(41)36-47(43,44)38(3)4/h12-18,20-21H,7-11,19H2,1-6H3,(H,36,41). The summed E-state index contributed by atoms with van der Waals surface area (Å²) in [6.45, 7) is 4.26. The van der Waals surface area contributed by atoms with E-state index in [-0.39, 0.29) is 17.3 Å². The van der Waals surface area contributed by atoms with Crippen LogP contribution in [0, 0.1) is 0 Å². The number of hydrogen-bond donors (Lipinski definition) is 1. The van der Waals surface area contributed by atoms with Gasteiger partial charge in [0.25, 0.3) is 5.91 Å². The molecule has 0 spiro atoms. The average molecular weight is 661 g/mol. The Morgan fingerprint density at radius 3 is 2.43 bits per heavy atom. The lowest BCUT2D eigenvalue weighted by atomic mass is 9.81. The first-order valence-corrected chi connectivity index (χ1v) is 17.2. The number of carbonyl (C=O) groups is 2. The highest BCUT2D eigenvalue weighted by Crippen LogP contribution is 2.48. The maximum absolute atomic E-state index is 13.3. The van der Waals surface area contributed by atoms with Crippen molar-refractivity contribution in [1.29, 1.82) is 0 Å². The van der Waals surface area contributed by atoms with E-state index in [1.54, 1.807) is 23.9 Å². The van der Waals surface area contributed by atoms with Crippen molar-refractivity contribution in [2.24, 2.45) is 0 Å². The topological polar surface area (TPSA) is 138 Å². The van der Waals surface area contributed by atoms with Gasteiger partial charge in [0.05, 0.1) is 26.5 Å². The molecule has 6 rings (SSSR count). The third-order valence-corrected chi connectivity index (χ3v) is 10.5. The van der Waals surface area contributed by atoms with Crippen LogP contribution < -0.4 is 9.46 Å². The molecule has 248 valence electrons. The van der Waals surface area contributed by atoms with Gasteiger partial charge in [0.2, 0.25) is 0 Å². The molecule has 1 fully saturated rings. The molecule has 0 radical (unpaired) electrons. The van der Waals surface area contributed by atoms with Gasteiger partial charge in [-0.2, -0.15) is 12.7 Å². The first kappa shape index (κ1) is 32.5. The first-order valence-electron chi connectivity index (χ1n) is 15.8. The van der Waals surface area contributed by atoms with E-state index in [0.29, 0.717) is 23.9 Å². The molecule has 0 atom stereocenters. The predicted molar refractivity (Wildman–Crippen MR) is 179 cm³/mol. The number of aromatic nitrogens is 4. The molecule has 2 aromatic heterocycles. The third kappa shape index (κ3) is 5.82. The number of benzene rings is 2. The Labute approximate surface area is 274 Å². The van der Waals surface area contributed by atoms with Crippen molar-refractivity contribution >= 4 is 44.6 Å². The summed E-state index contributed by atoms with van der Waals surface area (Å²) >= 11 is 0. The Kier molecular flexibility index (Phi) is 8.70. The highest BCUT2D eigenvalue weighted by Gasteiger charge is 2.33. The Balaban J connectivity index is 1.65. The molecule has 3 heterocycles. The summed E-state index contributed by atoms with van der Waals surface area (Å²) in [7, 11) is 1.67. The molecular weight excluding hydrogens is 620 g/mol. The lowest BCUT2D eigenvalue weighted by molar-refractivity contribution is 0.0593. The fourth-order valence-electron chi connectivity index (χ4n) is 6.78. The van der Waals surface area contributed by atoms with Crippen molar-refractivity contribution in [3.8, 4) is 17.0 Å². The van der Waals surface area contributed by atoms with Crippen LogP contribution in [0.2, 0.25) is 0 Å². The van der Waals surface area contributed by atoms with E-state index in [1.165, 1.54) is 33.2 Å². The number of methoxy groups -OCH3 is 2. The molecule has 0 unspecified atom stereocenters. The van der Waals surface area contributed by atoms with E-state index in [4.69, 9.17) is 9.47 Å². The monoisotopic (exact) mass is 660 g/mol. The van der Waals surface area contributed by atoms with Crippen LogP contribution in [0.4, 0.5) is 0 Å². The summed E-state index contributed by atoms with van der Waals surface area (Å²) in [6, 6.07) is 11.3. The molecule has 2 aliphatic rings. The molecule has 0 saturated heterocycles. The number of nitrogens with one attached hydrogen (secondary N) is 1. The van der Waals surface area contributed by atoms with Crippen LogP contribution in [0.3, 0.4) is 0 Å². The SMILES string of the molecule is COC(=O)c1nnn(C(C)C)c1C1=Cc2cc(OC)ccc2-c2c(C3CCCCC3)c3ccc(C(=O)NS(=O)(=O)N(C)C)cc3n2C1. The normalized spacial score (nSPS) is 15.3. The van der Waals surface area contributed by atoms with E-state index >= 15 is 0 Å². The molecule has 4 aromatic rings. The molecule has 1 amide bonds. The van der Waals surface area contributed by atoms with Crippen molar-refractivity contribution in [2.75, 3.05) is 28.3 Å². The summed E-state index contributed by atoms with van der Waals surface area (Å²) in [5, 5.41) is 9.58. The molecule has 1 N–H and O–H groups in total. The number of allylic oxidation sites excluding steroid dienone is 1. The second-order valence-electron chi connectivity index (χ2n) is 12.6. The Morgan fingerprint density at radius 2 is 1.77 bits per heavy atom. The highest BCUT2D eigenvalue weighted by molar-refractivity contribution is 7.87. The number of rotatable bonds is 8. The maximum Gasteiger partial charge on any atom is 0.360 e. The van der Waals surface area contributed by atoms with Crippen LogP contribution in [0.15, 0.2) is 36.4 Å². The smallest absolute Gasteiger partial charge is 0.360 e. The van der Waals surface area contributed by atoms with Crippen LogP contribution in [-0.4, -0.2) is 72.5 Å². The zero-order valence-corrected chi connectivity index (χ0v) is 28.3. The van der Waals surface area contributed by atoms with Gasteiger partial charge in [0.15, 0.2) is 5.69 Å². The lowest BCUT2D eigenvalue weighted by Gasteiger charge is -2.24. The minimum atomic E-state index is -4.00. The van der Waals surface area contributed by atoms with Crippen molar-refractivity contribution in [1.82, 2.24) is 28.6 Å². The number of carbonyl (C=O) groups excluding carboxylic acids is 2. The van der Waals surface area contributed by atoms with Crippen molar-refractivity contribution in [3.05, 3.63) is 64.5 Å². The van der Waals surface area contributed by atoms with Crippen LogP contribution >= 0.6 is 0 Å². The highest BCUT2D eigenvalue weighted by atomic mass is 32.2. The number of esters is 1. The fraction of sp³-hybridized carbons (Fsp3) is 0.412. The van der Waals surface area contributed by atoms with Gasteiger partial charge in [-0.3, -0.25) is 4.79 Å².